The number of aliphatic hydroxyl groups excluding tert-OH is 9. The quantitative estimate of drug-likeness (QED) is 0.0145. The van der Waals surface area contributed by atoms with E-state index in [1.807, 2.05) is 14.1 Å². The average Bonchev–Trinajstić information content (AvgIpc) is 1.34. The Morgan fingerprint density at radius 3 is 2.12 bits per heavy atom. The second-order valence-electron chi connectivity index (χ2n) is 24.6. The van der Waals surface area contributed by atoms with E-state index in [9.17, 15) is 69.9 Å². The van der Waals surface area contributed by atoms with Crippen molar-refractivity contribution in [3.05, 3.63) is 56.8 Å². The molecule has 4 aromatic rings. The topological polar surface area (TPSA) is 637 Å². The molecule has 0 spiro atoms. The summed E-state index contributed by atoms with van der Waals surface area (Å²) in [6.07, 6.45) is -24.8. The number of aromatic nitrogens is 6. The molecule has 0 aromatic carbocycles. The Morgan fingerprint density at radius 1 is 0.802 bits per heavy atom. The Balaban J connectivity index is 1.24. The zero-order chi connectivity index (χ0) is 74.7. The minimum Gasteiger partial charge on any atom is -0.441 e. The number of amides is 7. The van der Waals surface area contributed by atoms with Crippen molar-refractivity contribution in [2.45, 2.75) is 170 Å². The summed E-state index contributed by atoms with van der Waals surface area (Å²) in [5.74, 6) is -7.25. The lowest BCUT2D eigenvalue weighted by Crippen LogP contribution is -2.65. The van der Waals surface area contributed by atoms with Crippen molar-refractivity contribution in [3.63, 3.8) is 0 Å². The molecule has 6 heterocycles. The molecule has 40 nitrogen and oxygen atoms in total. The maximum absolute atomic E-state index is 15.5. The van der Waals surface area contributed by atoms with Crippen molar-refractivity contribution >= 4 is 70.0 Å². The number of likely N-dealkylation sites (N-methyl/N-ethyl adjacent to an activating group) is 1. The number of carbonyl (C=O) groups excluding carboxylic acids is 7. The zero-order valence-corrected chi connectivity index (χ0v) is 58.2. The van der Waals surface area contributed by atoms with Crippen LogP contribution in [0, 0.1) is 12.8 Å². The second-order valence-corrected chi connectivity index (χ2v) is 26.4. The van der Waals surface area contributed by atoms with Gasteiger partial charge in [-0.3, -0.25) is 34.1 Å². The number of H-pyrrole nitrogens is 1. The predicted octanol–water partition coefficient (Wildman–Crippen LogP) is -7.91. The largest absolute Gasteiger partial charge is 0.441 e. The number of thiazole rings is 2. The van der Waals surface area contributed by atoms with E-state index < -0.39 is 183 Å². The lowest BCUT2D eigenvalue weighted by Gasteiger charge is -2.47. The molecule has 2 aliphatic rings. The summed E-state index contributed by atoms with van der Waals surface area (Å²) < 4.78 is 29.0. The highest BCUT2D eigenvalue weighted by atomic mass is 32.1. The lowest BCUT2D eigenvalue weighted by atomic mass is 9.95. The van der Waals surface area contributed by atoms with Gasteiger partial charge >= 0.3 is 6.09 Å². The van der Waals surface area contributed by atoms with Gasteiger partial charge in [0.05, 0.1) is 66.8 Å². The molecule has 0 saturated carbocycles. The monoisotopic (exact) mass is 1470 g/mol. The van der Waals surface area contributed by atoms with E-state index in [1.54, 1.807) is 10.8 Å². The number of hydrogen-bond donors (Lipinski definition) is 21. The Labute approximate surface area is 587 Å². The first kappa shape index (κ1) is 82.7. The molecule has 4 aromatic heterocycles. The molecule has 2 saturated heterocycles. The SMILES string of the molecule is Cc1c(N)nc(C(CC(N)=O)NCC(N)C(N)=O)nc1C(=O)N(C)C(C(=O)NC(C)C(O)C(C)C(O)NC(C(=O)NCCc1nc(-c2nc(C(=O)NCCCNCCCN(C)C)cs2)cs1)C(C)O)C(OC1OC(CO)C(O)C(O)C1OC1OC(CO)C(O)C(OC(N)=O)C1O)c1cnc[nH]1. The molecule has 42 heteroatoms. The number of aliphatic hydroxyl groups is 9. The highest BCUT2D eigenvalue weighted by Gasteiger charge is 2.54. The van der Waals surface area contributed by atoms with E-state index in [0.29, 0.717) is 22.3 Å². The van der Waals surface area contributed by atoms with Crippen molar-refractivity contribution < 1.29 is 103 Å². The molecule has 6 rings (SSSR count). The molecule has 564 valence electrons. The normalized spacial score (nSPS) is 23.8. The van der Waals surface area contributed by atoms with Crippen LogP contribution < -0.4 is 60.6 Å². The van der Waals surface area contributed by atoms with E-state index in [4.69, 9.17) is 52.4 Å². The summed E-state index contributed by atoms with van der Waals surface area (Å²) in [4.78, 5) is 121. The molecule has 20 atom stereocenters. The number of aromatic amines is 1. The molecular weight excluding hydrogens is 1370 g/mol. The van der Waals surface area contributed by atoms with Crippen LogP contribution in [0.15, 0.2) is 23.3 Å². The van der Waals surface area contributed by atoms with E-state index in [1.165, 1.54) is 50.4 Å². The van der Waals surface area contributed by atoms with Crippen molar-refractivity contribution in [1.82, 2.24) is 71.6 Å². The van der Waals surface area contributed by atoms with Gasteiger partial charge in [0.25, 0.3) is 11.8 Å². The van der Waals surface area contributed by atoms with Gasteiger partial charge in [-0.1, -0.05) is 6.92 Å². The third-order valence-electron chi connectivity index (χ3n) is 16.6. The molecule has 20 unspecified atom stereocenters. The molecule has 2 fully saturated rings. The van der Waals surface area contributed by atoms with Crippen LogP contribution in [0.5, 0.6) is 0 Å². The van der Waals surface area contributed by atoms with Crippen LogP contribution in [-0.2, 0) is 49.3 Å². The average molecular weight is 1470 g/mol. The summed E-state index contributed by atoms with van der Waals surface area (Å²) >= 11 is 2.54. The molecular formula is C59H95N19O21S2. The number of hydrogen-bond acceptors (Lipinski definition) is 34. The Kier molecular flexibility index (Phi) is 31.8. The summed E-state index contributed by atoms with van der Waals surface area (Å²) in [7, 11) is 5.12. The fraction of sp³-hybridized carbons (Fsp3) is 0.661. The number of nitrogens with zero attached hydrogens (tertiary/aromatic N) is 7. The zero-order valence-electron chi connectivity index (χ0n) is 56.6. The minimum atomic E-state index is -2.19. The molecule has 0 radical (unpaired) electrons. The Bertz CT molecular complexity index is 3340. The highest BCUT2D eigenvalue weighted by Crippen LogP contribution is 2.36. The smallest absolute Gasteiger partial charge is 0.404 e. The number of nitrogen functional groups attached to an aromatic ring is 1. The number of nitrogens with two attached hydrogens (primary N) is 5. The van der Waals surface area contributed by atoms with Gasteiger partial charge < -0.3 is 140 Å². The van der Waals surface area contributed by atoms with Crippen LogP contribution in [0.4, 0.5) is 10.6 Å². The number of carbonyl (C=O) groups is 7. The van der Waals surface area contributed by atoms with Crippen molar-refractivity contribution in [3.8, 4) is 10.7 Å². The summed E-state index contributed by atoms with van der Waals surface area (Å²) in [6.45, 7) is 6.00. The van der Waals surface area contributed by atoms with Crippen molar-refractivity contribution in [1.29, 1.82) is 0 Å². The molecule has 0 bridgehead atoms. The fourth-order valence-corrected chi connectivity index (χ4v) is 12.3. The van der Waals surface area contributed by atoms with Crippen LogP contribution in [-0.4, -0.2) is 305 Å². The van der Waals surface area contributed by atoms with E-state index in [2.05, 4.69) is 66.7 Å². The lowest BCUT2D eigenvalue weighted by molar-refractivity contribution is -0.372. The van der Waals surface area contributed by atoms with Crippen molar-refractivity contribution in [2.24, 2.45) is 28.9 Å². The second kappa shape index (κ2) is 38.8. The number of imidazole rings is 1. The number of nitrogens with one attached hydrogen (secondary N) is 7. The maximum atomic E-state index is 15.5. The van der Waals surface area contributed by atoms with Crippen LogP contribution in [0.25, 0.3) is 10.7 Å². The van der Waals surface area contributed by atoms with Gasteiger partial charge in [-0.05, 0) is 67.3 Å². The first-order chi connectivity index (χ1) is 47.8. The number of anilines is 1. The van der Waals surface area contributed by atoms with Gasteiger partial charge in [0.2, 0.25) is 23.6 Å². The number of primary amides is 3. The third kappa shape index (κ3) is 22.6. The molecule has 2 aliphatic heterocycles. The van der Waals surface area contributed by atoms with Gasteiger partial charge in [-0.2, -0.15) is 0 Å². The Hall–Kier alpha value is -7.28. The first-order valence-electron chi connectivity index (χ1n) is 32.2. The predicted molar refractivity (Wildman–Crippen MR) is 356 cm³/mol. The van der Waals surface area contributed by atoms with Gasteiger partial charge in [-0.15, -0.1) is 22.7 Å². The number of rotatable bonds is 40. The fourth-order valence-electron chi connectivity index (χ4n) is 10.7. The van der Waals surface area contributed by atoms with Crippen LogP contribution in [0.3, 0.4) is 0 Å². The van der Waals surface area contributed by atoms with Gasteiger partial charge in [0, 0.05) is 61.8 Å². The van der Waals surface area contributed by atoms with Gasteiger partial charge in [-0.25, -0.2) is 29.7 Å². The van der Waals surface area contributed by atoms with Gasteiger partial charge in [0.1, 0.15) is 101 Å². The van der Waals surface area contributed by atoms with Crippen molar-refractivity contribution in [2.75, 3.05) is 79.4 Å². The minimum absolute atomic E-state index is 0.0187. The standard InChI is InChI=1S/C59H95N19O21S2/c1-24-37(74-50(76-48(24)62)29(16-35(61)82)69-17-28(60)49(63)88)56(93)78(7)39(45(30-18-66-23-70-30)97-58-47(43(86)41(84)33(19-79)96-58)98-57-44(87)46(99-59(64)94)42(85)34(20-80)95-57)54(92)71-26(3)40(83)25(2)51(89)75-38(27(4)81)53(91)68-14-10-36-72-32(22-100-36)55-73-31(21-101-55)52(90)67-13-8-11-65-12-9-15-77(5)6/h18,21-23,25-29,33-34,38-47,51,57-58,65,69,75,79-81,83-87,89H,8-17,19-20,60H2,1-7H3,(H2,61,82)(H2,63,88)(H2,64,94)(H,66,70)(H,67,90)(H,68,91)(H,71,92)(H2,62,74,76). The van der Waals surface area contributed by atoms with E-state index in [-0.39, 0.29) is 54.0 Å². The first-order valence-corrected chi connectivity index (χ1v) is 33.9. The summed E-state index contributed by atoms with van der Waals surface area (Å²) in [5, 5.41) is 122. The van der Waals surface area contributed by atoms with E-state index in [0.717, 1.165) is 56.9 Å². The highest BCUT2D eigenvalue weighted by molar-refractivity contribution is 7.14. The molecule has 0 aliphatic carbocycles. The molecule has 101 heavy (non-hydrogen) atoms. The van der Waals surface area contributed by atoms with Gasteiger partial charge in [0.15, 0.2) is 18.7 Å². The van der Waals surface area contributed by atoms with Crippen LogP contribution in [0.1, 0.15) is 95.2 Å². The molecule has 7 amide bonds. The third-order valence-corrected chi connectivity index (χ3v) is 18.4. The summed E-state index contributed by atoms with van der Waals surface area (Å²) in [5.41, 5.74) is 28.4. The summed E-state index contributed by atoms with van der Waals surface area (Å²) in [6, 6.07) is -7.62. The maximum Gasteiger partial charge on any atom is 0.404 e. The van der Waals surface area contributed by atoms with Crippen LogP contribution >= 0.6 is 22.7 Å². The molecule has 26 N–H and O–H groups in total. The Morgan fingerprint density at radius 2 is 1.49 bits per heavy atom. The van der Waals surface area contributed by atoms with Crippen LogP contribution in [0.2, 0.25) is 0 Å². The number of ether oxygens (including phenoxy) is 5. The van der Waals surface area contributed by atoms with E-state index >= 15 is 9.59 Å².